The van der Waals surface area contributed by atoms with E-state index in [4.69, 9.17) is 4.74 Å². The predicted molar refractivity (Wildman–Crippen MR) is 44.1 cm³/mol. The van der Waals surface area contributed by atoms with Crippen LogP contribution >= 0.6 is 0 Å². The van der Waals surface area contributed by atoms with Gasteiger partial charge < -0.3 is 9.64 Å². The lowest BCUT2D eigenvalue weighted by atomic mass is 10.4. The first-order valence-electron chi connectivity index (χ1n) is 3.70. The summed E-state index contributed by atoms with van der Waals surface area (Å²) in [7, 11) is 1.80. The molecule has 11 heavy (non-hydrogen) atoms. The topological polar surface area (TPSA) is 29.5 Å². The van der Waals surface area contributed by atoms with Gasteiger partial charge in [0.05, 0.1) is 6.61 Å². The van der Waals surface area contributed by atoms with E-state index in [1.54, 1.807) is 18.9 Å². The van der Waals surface area contributed by atoms with Crippen molar-refractivity contribution in [3.63, 3.8) is 0 Å². The van der Waals surface area contributed by atoms with Crippen LogP contribution < -0.4 is 0 Å². The molecule has 0 aromatic rings. The van der Waals surface area contributed by atoms with Gasteiger partial charge in [-0.15, -0.1) is 0 Å². The Kier molecular flexibility index (Phi) is 4.34. The molecule has 0 spiro atoms. The van der Waals surface area contributed by atoms with Gasteiger partial charge in [0.15, 0.2) is 0 Å². The average Bonchev–Trinajstić information content (AvgIpc) is 2.02. The molecule has 0 amide bonds. The SMILES string of the molecule is C=C(C(=O)OCC)N(C)CC. The van der Waals surface area contributed by atoms with Crippen molar-refractivity contribution in [2.24, 2.45) is 0 Å². The van der Waals surface area contributed by atoms with Gasteiger partial charge in [0.1, 0.15) is 5.70 Å². The van der Waals surface area contributed by atoms with Crippen molar-refractivity contribution < 1.29 is 9.53 Å². The van der Waals surface area contributed by atoms with Crippen LogP contribution in [0.1, 0.15) is 13.8 Å². The zero-order valence-electron chi connectivity index (χ0n) is 7.39. The summed E-state index contributed by atoms with van der Waals surface area (Å²) in [6.45, 7) is 8.48. The Balaban J connectivity index is 3.92. The van der Waals surface area contributed by atoms with Crippen LogP contribution in [0.25, 0.3) is 0 Å². The molecule has 0 fully saturated rings. The van der Waals surface area contributed by atoms with Crippen LogP contribution in [0.5, 0.6) is 0 Å². The number of rotatable bonds is 4. The summed E-state index contributed by atoms with van der Waals surface area (Å²) in [6, 6.07) is 0. The number of nitrogens with zero attached hydrogens (tertiary/aromatic N) is 1. The Labute approximate surface area is 67.6 Å². The number of carbonyl (C=O) groups excluding carboxylic acids is 1. The molecule has 0 atom stereocenters. The predicted octanol–water partition coefficient (Wildman–Crippen LogP) is 1.01. The zero-order valence-corrected chi connectivity index (χ0v) is 7.39. The van der Waals surface area contributed by atoms with Crippen LogP contribution in [0.4, 0.5) is 0 Å². The Hall–Kier alpha value is -0.990. The molecule has 0 aliphatic carbocycles. The summed E-state index contributed by atoms with van der Waals surface area (Å²) in [5.74, 6) is -0.336. The number of carbonyl (C=O) groups is 1. The molecular weight excluding hydrogens is 142 g/mol. The van der Waals surface area contributed by atoms with Crippen molar-refractivity contribution in [1.29, 1.82) is 0 Å². The van der Waals surface area contributed by atoms with Crippen LogP contribution in [0.2, 0.25) is 0 Å². The van der Waals surface area contributed by atoms with Gasteiger partial charge in [-0.3, -0.25) is 0 Å². The van der Waals surface area contributed by atoms with E-state index in [2.05, 4.69) is 6.58 Å². The van der Waals surface area contributed by atoms with Gasteiger partial charge in [-0.2, -0.15) is 0 Å². The van der Waals surface area contributed by atoms with E-state index in [-0.39, 0.29) is 5.97 Å². The second kappa shape index (κ2) is 4.77. The molecule has 0 saturated heterocycles. The van der Waals surface area contributed by atoms with Crippen molar-refractivity contribution in [1.82, 2.24) is 4.90 Å². The summed E-state index contributed by atoms with van der Waals surface area (Å²) in [6.07, 6.45) is 0. The van der Waals surface area contributed by atoms with Crippen LogP contribution in [-0.4, -0.2) is 31.1 Å². The molecule has 0 rings (SSSR count). The summed E-state index contributed by atoms with van der Waals surface area (Å²) in [4.78, 5) is 12.7. The number of esters is 1. The first kappa shape index (κ1) is 10.0. The molecule has 0 saturated carbocycles. The Morgan fingerprint density at radius 1 is 1.55 bits per heavy atom. The summed E-state index contributed by atoms with van der Waals surface area (Å²) >= 11 is 0. The van der Waals surface area contributed by atoms with Gasteiger partial charge in [0.25, 0.3) is 0 Å². The lowest BCUT2D eigenvalue weighted by Crippen LogP contribution is -2.23. The van der Waals surface area contributed by atoms with Gasteiger partial charge in [0.2, 0.25) is 0 Å². The molecule has 64 valence electrons. The van der Waals surface area contributed by atoms with E-state index in [0.717, 1.165) is 6.54 Å². The van der Waals surface area contributed by atoms with E-state index >= 15 is 0 Å². The average molecular weight is 157 g/mol. The Bertz CT molecular complexity index is 154. The number of hydrogen-bond donors (Lipinski definition) is 0. The molecule has 0 aliphatic heterocycles. The van der Waals surface area contributed by atoms with Crippen molar-refractivity contribution >= 4 is 5.97 Å². The smallest absolute Gasteiger partial charge is 0.353 e. The summed E-state index contributed by atoms with van der Waals surface area (Å²) in [5, 5.41) is 0. The third-order valence-corrected chi connectivity index (χ3v) is 1.45. The molecule has 0 unspecified atom stereocenters. The summed E-state index contributed by atoms with van der Waals surface area (Å²) < 4.78 is 4.75. The van der Waals surface area contributed by atoms with Crippen LogP contribution in [-0.2, 0) is 9.53 Å². The molecule has 0 aromatic heterocycles. The maximum Gasteiger partial charge on any atom is 0.353 e. The molecule has 3 heteroatoms. The fraction of sp³-hybridized carbons (Fsp3) is 0.625. The normalized spacial score (nSPS) is 9.00. The van der Waals surface area contributed by atoms with E-state index in [0.29, 0.717) is 12.3 Å². The van der Waals surface area contributed by atoms with E-state index in [1.165, 1.54) is 0 Å². The fourth-order valence-corrected chi connectivity index (χ4v) is 0.561. The van der Waals surface area contributed by atoms with E-state index < -0.39 is 0 Å². The zero-order chi connectivity index (χ0) is 8.85. The highest BCUT2D eigenvalue weighted by Crippen LogP contribution is 1.99. The van der Waals surface area contributed by atoms with Gasteiger partial charge in [0, 0.05) is 13.6 Å². The van der Waals surface area contributed by atoms with Crippen LogP contribution in [0, 0.1) is 0 Å². The minimum absolute atomic E-state index is 0.336. The first-order valence-corrected chi connectivity index (χ1v) is 3.70. The molecule has 3 nitrogen and oxygen atoms in total. The monoisotopic (exact) mass is 157 g/mol. The van der Waals surface area contributed by atoms with Gasteiger partial charge in [-0.05, 0) is 13.8 Å². The van der Waals surface area contributed by atoms with Gasteiger partial charge in [-0.25, -0.2) is 4.79 Å². The second-order valence-electron chi connectivity index (χ2n) is 2.18. The lowest BCUT2D eigenvalue weighted by molar-refractivity contribution is -0.140. The molecule has 0 N–H and O–H groups in total. The quantitative estimate of drug-likeness (QED) is 0.450. The highest BCUT2D eigenvalue weighted by molar-refractivity contribution is 5.86. The minimum atomic E-state index is -0.336. The van der Waals surface area contributed by atoms with Gasteiger partial charge in [-0.1, -0.05) is 6.58 Å². The fourth-order valence-electron chi connectivity index (χ4n) is 0.561. The first-order chi connectivity index (χ1) is 5.13. The van der Waals surface area contributed by atoms with Gasteiger partial charge >= 0.3 is 5.97 Å². The Morgan fingerprint density at radius 3 is 2.45 bits per heavy atom. The second-order valence-corrected chi connectivity index (χ2v) is 2.18. The Morgan fingerprint density at radius 2 is 2.09 bits per heavy atom. The molecular formula is C8H15NO2. The lowest BCUT2D eigenvalue weighted by Gasteiger charge is -2.17. The standard InChI is InChI=1S/C8H15NO2/c1-5-9(4)7(3)8(10)11-6-2/h3,5-6H2,1-2,4H3. The van der Waals surface area contributed by atoms with Crippen LogP contribution in [0.15, 0.2) is 12.3 Å². The van der Waals surface area contributed by atoms with Crippen molar-refractivity contribution in [3.05, 3.63) is 12.3 Å². The number of likely N-dealkylation sites (N-methyl/N-ethyl adjacent to an activating group) is 1. The third kappa shape index (κ3) is 3.07. The van der Waals surface area contributed by atoms with E-state index in [1.807, 2.05) is 6.92 Å². The van der Waals surface area contributed by atoms with Crippen molar-refractivity contribution in [2.45, 2.75) is 13.8 Å². The minimum Gasteiger partial charge on any atom is -0.461 e. The number of hydrogen-bond acceptors (Lipinski definition) is 3. The third-order valence-electron chi connectivity index (χ3n) is 1.45. The van der Waals surface area contributed by atoms with Crippen molar-refractivity contribution in [2.75, 3.05) is 20.2 Å². The molecule has 0 bridgehead atoms. The van der Waals surface area contributed by atoms with E-state index in [9.17, 15) is 4.79 Å². The molecule has 0 aromatic carbocycles. The maximum absolute atomic E-state index is 11.0. The summed E-state index contributed by atoms with van der Waals surface area (Å²) in [5.41, 5.74) is 0.411. The largest absolute Gasteiger partial charge is 0.461 e. The van der Waals surface area contributed by atoms with Crippen LogP contribution in [0.3, 0.4) is 0 Å². The molecule has 0 radical (unpaired) electrons. The molecule has 0 heterocycles. The maximum atomic E-state index is 11.0. The highest BCUT2D eigenvalue weighted by Gasteiger charge is 2.09. The molecule has 0 aliphatic rings. The highest BCUT2D eigenvalue weighted by atomic mass is 16.5. The number of ether oxygens (including phenoxy) is 1. The van der Waals surface area contributed by atoms with Crippen molar-refractivity contribution in [3.8, 4) is 0 Å².